The predicted molar refractivity (Wildman–Crippen MR) is 150 cm³/mol. The van der Waals surface area contributed by atoms with E-state index in [2.05, 4.69) is 68.8 Å². The van der Waals surface area contributed by atoms with Gasteiger partial charge >= 0.3 is 6.09 Å². The fourth-order valence-corrected chi connectivity index (χ4v) is 5.14. The molecule has 1 aliphatic rings. The molecule has 0 bridgehead atoms. The zero-order valence-corrected chi connectivity index (χ0v) is 22.0. The number of hydrogen-bond acceptors (Lipinski definition) is 4. The molecule has 3 aromatic carbocycles. The van der Waals surface area contributed by atoms with Crippen LogP contribution in [-0.4, -0.2) is 33.2 Å². The average molecular weight is 500 g/mol. The van der Waals surface area contributed by atoms with Crippen LogP contribution in [0.1, 0.15) is 43.2 Å². The molecule has 0 saturated heterocycles. The summed E-state index contributed by atoms with van der Waals surface area (Å²) in [7, 11) is 5.42. The minimum Gasteiger partial charge on any atom is -0.453 e. The summed E-state index contributed by atoms with van der Waals surface area (Å²) in [6.45, 7) is 0.339. The summed E-state index contributed by atoms with van der Waals surface area (Å²) in [5, 5.41) is 5.86. The molecule has 2 amide bonds. The first kappa shape index (κ1) is 26.3. The van der Waals surface area contributed by atoms with Gasteiger partial charge in [0.15, 0.2) is 0 Å². The highest BCUT2D eigenvalue weighted by molar-refractivity contribution is 5.95. The molecule has 1 saturated carbocycles. The lowest BCUT2D eigenvalue weighted by Crippen LogP contribution is -2.40. The number of carbonyl (C=O) groups is 2. The van der Waals surface area contributed by atoms with E-state index in [1.165, 1.54) is 35.9 Å². The summed E-state index contributed by atoms with van der Waals surface area (Å²) in [4.78, 5) is 27.2. The van der Waals surface area contributed by atoms with Gasteiger partial charge in [-0.3, -0.25) is 4.79 Å². The minimum absolute atomic E-state index is 0.0774. The maximum absolute atomic E-state index is 13.7. The smallest absolute Gasteiger partial charge is 0.407 e. The van der Waals surface area contributed by atoms with Crippen LogP contribution in [0.4, 0.5) is 16.2 Å². The van der Waals surface area contributed by atoms with Crippen LogP contribution in [0.25, 0.3) is 11.1 Å². The molecule has 2 N–H and O–H groups in total. The summed E-state index contributed by atoms with van der Waals surface area (Å²) >= 11 is 0. The molecular weight excluding hydrogens is 462 g/mol. The SMILES string of the molecule is COC(=O)NCc1cccc(NC(=O)C2(Cc3ccc(-c4ccc(N(C)C)cc4)cc3)CCCCC2)c1. The number of nitrogens with one attached hydrogen (secondary N) is 2. The number of rotatable bonds is 8. The van der Waals surface area contributed by atoms with Crippen LogP contribution in [0.2, 0.25) is 0 Å². The van der Waals surface area contributed by atoms with Crippen LogP contribution < -0.4 is 15.5 Å². The quantitative estimate of drug-likeness (QED) is 0.376. The third-order valence-corrected chi connectivity index (χ3v) is 7.31. The van der Waals surface area contributed by atoms with Crippen LogP contribution in [0, 0.1) is 5.41 Å². The maximum Gasteiger partial charge on any atom is 0.407 e. The van der Waals surface area contributed by atoms with Crippen molar-refractivity contribution in [2.75, 3.05) is 31.4 Å². The van der Waals surface area contributed by atoms with Crippen molar-refractivity contribution < 1.29 is 14.3 Å². The first-order valence-electron chi connectivity index (χ1n) is 13.0. The average Bonchev–Trinajstić information content (AvgIpc) is 2.93. The van der Waals surface area contributed by atoms with Crippen LogP contribution in [0.5, 0.6) is 0 Å². The predicted octanol–water partition coefficient (Wildman–Crippen LogP) is 6.41. The van der Waals surface area contributed by atoms with E-state index in [4.69, 9.17) is 0 Å². The summed E-state index contributed by atoms with van der Waals surface area (Å²) in [6, 6.07) is 24.8. The molecule has 6 nitrogen and oxygen atoms in total. The lowest BCUT2D eigenvalue weighted by atomic mass is 9.69. The molecule has 3 aromatic rings. The number of nitrogens with zero attached hydrogens (tertiary/aromatic N) is 1. The monoisotopic (exact) mass is 499 g/mol. The van der Waals surface area contributed by atoms with Gasteiger partial charge in [-0.15, -0.1) is 0 Å². The molecular formula is C31H37N3O3. The van der Waals surface area contributed by atoms with Crippen molar-refractivity contribution in [3.05, 3.63) is 83.9 Å². The second-order valence-electron chi connectivity index (χ2n) is 10.2. The highest BCUT2D eigenvalue weighted by Crippen LogP contribution is 2.40. The van der Waals surface area contributed by atoms with Gasteiger partial charge in [0.25, 0.3) is 0 Å². The van der Waals surface area contributed by atoms with E-state index in [0.29, 0.717) is 6.54 Å². The number of alkyl carbamates (subject to hydrolysis) is 1. The van der Waals surface area contributed by atoms with Crippen LogP contribution in [0.3, 0.4) is 0 Å². The third kappa shape index (κ3) is 6.70. The van der Waals surface area contributed by atoms with Crippen molar-refractivity contribution in [3.63, 3.8) is 0 Å². The van der Waals surface area contributed by atoms with Crippen LogP contribution in [0.15, 0.2) is 72.8 Å². The van der Waals surface area contributed by atoms with E-state index in [0.717, 1.165) is 43.4 Å². The van der Waals surface area contributed by atoms with Crippen LogP contribution in [-0.2, 0) is 22.5 Å². The maximum atomic E-state index is 13.7. The molecule has 6 heteroatoms. The Morgan fingerprint density at radius 2 is 1.51 bits per heavy atom. The van der Waals surface area contributed by atoms with Gasteiger partial charge in [-0.2, -0.15) is 0 Å². The molecule has 0 atom stereocenters. The molecule has 1 aliphatic carbocycles. The van der Waals surface area contributed by atoms with Crippen molar-refractivity contribution in [1.82, 2.24) is 5.32 Å². The molecule has 0 spiro atoms. The Bertz CT molecular complexity index is 1200. The van der Waals surface area contributed by atoms with Gasteiger partial charge in [0.05, 0.1) is 12.5 Å². The lowest BCUT2D eigenvalue weighted by Gasteiger charge is -2.36. The number of benzene rings is 3. The standard InChI is InChI=1S/C31H37N3O3/c1-34(2)28-16-14-26(15-17-28)25-12-10-23(11-13-25)21-31(18-5-4-6-19-31)29(35)33-27-9-7-8-24(20-27)22-32-30(36)37-3/h7-17,20H,4-6,18-19,21-22H2,1-3H3,(H,32,36)(H,33,35). The van der Waals surface area contributed by atoms with E-state index in [1.807, 2.05) is 38.4 Å². The van der Waals surface area contributed by atoms with Gasteiger partial charge in [0.2, 0.25) is 5.91 Å². The van der Waals surface area contributed by atoms with Crippen molar-refractivity contribution in [2.45, 2.75) is 45.1 Å². The molecule has 0 unspecified atom stereocenters. The molecule has 0 aromatic heterocycles. The Labute approximate surface area is 220 Å². The Morgan fingerprint density at radius 1 is 0.865 bits per heavy atom. The molecule has 0 heterocycles. The number of carbonyl (C=O) groups excluding carboxylic acids is 2. The Balaban J connectivity index is 1.47. The third-order valence-electron chi connectivity index (χ3n) is 7.31. The van der Waals surface area contributed by atoms with Crippen LogP contribution >= 0.6 is 0 Å². The highest BCUT2D eigenvalue weighted by atomic mass is 16.5. The van der Waals surface area contributed by atoms with E-state index in [1.54, 1.807) is 0 Å². The molecule has 37 heavy (non-hydrogen) atoms. The van der Waals surface area contributed by atoms with Crippen molar-refractivity contribution in [2.24, 2.45) is 5.41 Å². The van der Waals surface area contributed by atoms with Gasteiger partial charge in [0.1, 0.15) is 0 Å². The van der Waals surface area contributed by atoms with E-state index < -0.39 is 11.5 Å². The van der Waals surface area contributed by atoms with E-state index in [-0.39, 0.29) is 5.91 Å². The number of methoxy groups -OCH3 is 1. The molecule has 4 rings (SSSR count). The van der Waals surface area contributed by atoms with Gasteiger partial charge in [-0.1, -0.05) is 67.8 Å². The minimum atomic E-state index is -0.479. The second-order valence-corrected chi connectivity index (χ2v) is 10.2. The molecule has 194 valence electrons. The van der Waals surface area contributed by atoms with Gasteiger partial charge in [-0.05, 0) is 65.8 Å². The fraction of sp³-hybridized carbons (Fsp3) is 0.355. The first-order chi connectivity index (χ1) is 17.9. The first-order valence-corrected chi connectivity index (χ1v) is 13.0. The Morgan fingerprint density at radius 3 is 2.14 bits per heavy atom. The van der Waals surface area contributed by atoms with Crippen molar-refractivity contribution in [3.8, 4) is 11.1 Å². The van der Waals surface area contributed by atoms with Crippen molar-refractivity contribution >= 4 is 23.4 Å². The Kier molecular flexibility index (Phi) is 8.49. The molecule has 1 fully saturated rings. The summed E-state index contributed by atoms with van der Waals surface area (Å²) in [5.41, 5.74) is 5.94. The second kappa shape index (κ2) is 12.0. The summed E-state index contributed by atoms with van der Waals surface area (Å²) < 4.78 is 4.64. The molecule has 0 aliphatic heterocycles. The van der Waals surface area contributed by atoms with Gasteiger partial charge < -0.3 is 20.3 Å². The number of ether oxygens (including phenoxy) is 1. The topological polar surface area (TPSA) is 70.7 Å². The Hall–Kier alpha value is -3.80. The number of amides is 2. The normalized spacial score (nSPS) is 14.5. The van der Waals surface area contributed by atoms with E-state index in [9.17, 15) is 9.59 Å². The summed E-state index contributed by atoms with van der Waals surface area (Å²) in [5.74, 6) is 0.0774. The highest BCUT2D eigenvalue weighted by Gasteiger charge is 2.39. The van der Waals surface area contributed by atoms with Gasteiger partial charge in [0, 0.05) is 32.0 Å². The number of anilines is 2. The number of hydrogen-bond donors (Lipinski definition) is 2. The van der Waals surface area contributed by atoms with Crippen molar-refractivity contribution in [1.29, 1.82) is 0 Å². The zero-order chi connectivity index (χ0) is 26.3. The zero-order valence-electron chi connectivity index (χ0n) is 22.0. The largest absolute Gasteiger partial charge is 0.453 e. The fourth-order valence-electron chi connectivity index (χ4n) is 5.14. The lowest BCUT2D eigenvalue weighted by molar-refractivity contribution is -0.127. The van der Waals surface area contributed by atoms with Gasteiger partial charge in [-0.25, -0.2) is 4.79 Å². The molecule has 0 radical (unpaired) electrons. The van der Waals surface area contributed by atoms with E-state index >= 15 is 0 Å². The summed E-state index contributed by atoms with van der Waals surface area (Å²) in [6.07, 6.45) is 5.31.